The minimum absolute atomic E-state index is 0.0282. The monoisotopic (exact) mass is 356 g/mol. The van der Waals surface area contributed by atoms with E-state index in [0.717, 1.165) is 27.3 Å². The third-order valence-corrected chi connectivity index (χ3v) is 5.18. The molecule has 0 spiro atoms. The lowest BCUT2D eigenvalue weighted by atomic mass is 10.1. The molecule has 0 radical (unpaired) electrons. The second kappa shape index (κ2) is 8.72. The van der Waals surface area contributed by atoms with Gasteiger partial charge in [0.15, 0.2) is 0 Å². The minimum Gasteiger partial charge on any atom is -0.346 e. The fourth-order valence-electron chi connectivity index (χ4n) is 2.32. The van der Waals surface area contributed by atoms with Gasteiger partial charge in [-0.25, -0.2) is 0 Å². The van der Waals surface area contributed by atoms with Crippen molar-refractivity contribution in [2.45, 2.75) is 32.6 Å². The maximum atomic E-state index is 12.0. The van der Waals surface area contributed by atoms with Crippen molar-refractivity contribution in [3.05, 3.63) is 58.7 Å². The Labute approximate surface area is 153 Å². The molecule has 0 aromatic heterocycles. The Balaban J connectivity index is 1.80. The van der Waals surface area contributed by atoms with Gasteiger partial charge in [-0.15, -0.1) is 11.8 Å². The molecule has 0 aliphatic heterocycles. The van der Waals surface area contributed by atoms with E-state index in [1.54, 1.807) is 0 Å². The van der Waals surface area contributed by atoms with Gasteiger partial charge in [0.25, 0.3) is 0 Å². The third kappa shape index (κ3) is 5.64. The molecule has 0 saturated carbocycles. The molecule has 4 nitrogen and oxygen atoms in total. The Bertz CT molecular complexity index is 787. The van der Waals surface area contributed by atoms with Crippen molar-refractivity contribution in [1.82, 2.24) is 5.32 Å². The Hall–Kier alpha value is -2.27. The normalized spacial score (nSPS) is 10.4. The van der Waals surface area contributed by atoms with E-state index in [-0.39, 0.29) is 18.4 Å². The van der Waals surface area contributed by atoms with Crippen LogP contribution in [0.1, 0.15) is 22.3 Å². The van der Waals surface area contributed by atoms with E-state index in [2.05, 4.69) is 22.8 Å². The number of carbonyl (C=O) groups excluding carboxylic acids is 2. The molecule has 2 aromatic carbocycles. The number of hydrogen-bond acceptors (Lipinski definition) is 3. The van der Waals surface area contributed by atoms with Crippen molar-refractivity contribution in [2.75, 3.05) is 17.6 Å². The lowest BCUT2D eigenvalue weighted by molar-refractivity contribution is -0.122. The van der Waals surface area contributed by atoms with Crippen LogP contribution in [0.4, 0.5) is 5.69 Å². The van der Waals surface area contributed by atoms with Crippen LogP contribution in [-0.2, 0) is 9.59 Å². The first-order chi connectivity index (χ1) is 11.9. The van der Waals surface area contributed by atoms with E-state index < -0.39 is 0 Å². The Morgan fingerprint density at radius 1 is 0.960 bits per heavy atom. The number of anilines is 1. The van der Waals surface area contributed by atoms with Gasteiger partial charge in [-0.3, -0.25) is 9.59 Å². The Kier molecular flexibility index (Phi) is 6.65. The van der Waals surface area contributed by atoms with Gasteiger partial charge >= 0.3 is 0 Å². The summed E-state index contributed by atoms with van der Waals surface area (Å²) in [4.78, 5) is 25.1. The van der Waals surface area contributed by atoms with Gasteiger partial charge in [0.2, 0.25) is 11.8 Å². The zero-order valence-electron chi connectivity index (χ0n) is 15.1. The highest BCUT2D eigenvalue weighted by Crippen LogP contribution is 2.23. The molecule has 0 aliphatic carbocycles. The molecule has 0 heterocycles. The largest absolute Gasteiger partial charge is 0.346 e. The molecule has 0 aliphatic rings. The molecule has 0 unspecified atom stereocenters. The number of hydrogen-bond donors (Lipinski definition) is 2. The highest BCUT2D eigenvalue weighted by atomic mass is 32.2. The van der Waals surface area contributed by atoms with Crippen molar-refractivity contribution in [2.24, 2.45) is 0 Å². The summed E-state index contributed by atoms with van der Waals surface area (Å²) in [5.41, 5.74) is 5.25. The molecule has 132 valence electrons. The van der Waals surface area contributed by atoms with Crippen molar-refractivity contribution in [3.63, 3.8) is 0 Å². The van der Waals surface area contributed by atoms with Gasteiger partial charge < -0.3 is 10.6 Å². The summed E-state index contributed by atoms with van der Waals surface area (Å²) in [5, 5.41) is 5.51. The summed E-state index contributed by atoms with van der Waals surface area (Å²) < 4.78 is 0. The second-order valence-electron chi connectivity index (χ2n) is 6.13. The third-order valence-electron chi connectivity index (χ3n) is 4.03. The van der Waals surface area contributed by atoms with Crippen LogP contribution >= 0.6 is 11.8 Å². The minimum atomic E-state index is -0.223. The lowest BCUT2D eigenvalue weighted by Crippen LogP contribution is -2.34. The van der Waals surface area contributed by atoms with Crippen molar-refractivity contribution in [3.8, 4) is 0 Å². The van der Waals surface area contributed by atoms with Crippen LogP contribution in [0.5, 0.6) is 0 Å². The van der Waals surface area contributed by atoms with Crippen LogP contribution in [0.3, 0.4) is 0 Å². The van der Waals surface area contributed by atoms with Crippen LogP contribution in [0.25, 0.3) is 0 Å². The predicted octanol–water partition coefficient (Wildman–Crippen LogP) is 3.77. The second-order valence-corrected chi connectivity index (χ2v) is 7.15. The van der Waals surface area contributed by atoms with E-state index in [1.807, 2.05) is 52.0 Å². The predicted molar refractivity (Wildman–Crippen MR) is 104 cm³/mol. The average Bonchev–Trinajstić information content (AvgIpc) is 2.58. The summed E-state index contributed by atoms with van der Waals surface area (Å²) >= 11 is 1.49. The van der Waals surface area contributed by atoms with Gasteiger partial charge in [0.05, 0.1) is 12.3 Å². The summed E-state index contributed by atoms with van der Waals surface area (Å²) in [6.45, 7) is 7.99. The number of benzene rings is 2. The molecule has 0 saturated heterocycles. The molecular weight excluding hydrogens is 332 g/mol. The lowest BCUT2D eigenvalue weighted by Gasteiger charge is -2.11. The summed E-state index contributed by atoms with van der Waals surface area (Å²) in [6, 6.07) is 11.9. The Morgan fingerprint density at radius 2 is 1.72 bits per heavy atom. The maximum Gasteiger partial charge on any atom is 0.243 e. The SMILES string of the molecule is Cc1ccc(C)c(SCC(=O)NCC(=O)Nc2cccc(C)c2C)c1. The number of carbonyl (C=O) groups is 2. The van der Waals surface area contributed by atoms with Gasteiger partial charge in [0, 0.05) is 10.6 Å². The smallest absolute Gasteiger partial charge is 0.243 e. The molecular formula is C20H24N2O2S. The number of thioether (sulfide) groups is 1. The summed E-state index contributed by atoms with van der Waals surface area (Å²) in [6.07, 6.45) is 0. The molecule has 2 amide bonds. The topological polar surface area (TPSA) is 58.2 Å². The quantitative estimate of drug-likeness (QED) is 0.775. The molecule has 2 rings (SSSR count). The number of nitrogens with one attached hydrogen (secondary N) is 2. The van der Waals surface area contributed by atoms with Crippen LogP contribution < -0.4 is 10.6 Å². The molecule has 25 heavy (non-hydrogen) atoms. The fraction of sp³-hybridized carbons (Fsp3) is 0.300. The number of rotatable bonds is 6. The first-order valence-corrected chi connectivity index (χ1v) is 9.18. The zero-order valence-corrected chi connectivity index (χ0v) is 15.9. The van der Waals surface area contributed by atoms with Crippen LogP contribution in [-0.4, -0.2) is 24.1 Å². The van der Waals surface area contributed by atoms with Crippen molar-refractivity contribution in [1.29, 1.82) is 0 Å². The molecule has 5 heteroatoms. The molecule has 0 bridgehead atoms. The van der Waals surface area contributed by atoms with E-state index in [9.17, 15) is 9.59 Å². The van der Waals surface area contributed by atoms with Crippen LogP contribution in [0, 0.1) is 27.7 Å². The fourth-order valence-corrected chi connectivity index (χ4v) is 3.27. The van der Waals surface area contributed by atoms with Gasteiger partial charge in [-0.05, 0) is 56.5 Å². The average molecular weight is 356 g/mol. The maximum absolute atomic E-state index is 12.0. The van der Waals surface area contributed by atoms with Gasteiger partial charge in [0.1, 0.15) is 0 Å². The standard InChI is InChI=1S/C20H24N2O2S/c1-13-8-9-15(3)18(10-13)25-12-20(24)21-11-19(23)22-17-7-5-6-14(2)16(17)4/h5-10H,11-12H2,1-4H3,(H,21,24)(H,22,23). The summed E-state index contributed by atoms with van der Waals surface area (Å²) in [5.74, 6) is -0.0815. The number of amides is 2. The zero-order chi connectivity index (χ0) is 18.4. The molecule has 2 aromatic rings. The summed E-state index contributed by atoms with van der Waals surface area (Å²) in [7, 11) is 0. The molecule has 0 fully saturated rings. The van der Waals surface area contributed by atoms with E-state index in [0.29, 0.717) is 5.75 Å². The van der Waals surface area contributed by atoms with Crippen LogP contribution in [0.2, 0.25) is 0 Å². The van der Waals surface area contributed by atoms with Crippen molar-refractivity contribution >= 4 is 29.3 Å². The van der Waals surface area contributed by atoms with Crippen molar-refractivity contribution < 1.29 is 9.59 Å². The molecule has 0 atom stereocenters. The van der Waals surface area contributed by atoms with E-state index in [4.69, 9.17) is 0 Å². The van der Waals surface area contributed by atoms with Gasteiger partial charge in [-0.2, -0.15) is 0 Å². The van der Waals surface area contributed by atoms with Crippen LogP contribution in [0.15, 0.2) is 41.3 Å². The number of aryl methyl sites for hydroxylation is 3. The Morgan fingerprint density at radius 3 is 2.48 bits per heavy atom. The highest BCUT2D eigenvalue weighted by Gasteiger charge is 2.09. The first kappa shape index (κ1) is 19.1. The van der Waals surface area contributed by atoms with E-state index in [1.165, 1.54) is 17.3 Å². The van der Waals surface area contributed by atoms with Gasteiger partial charge in [-0.1, -0.05) is 29.8 Å². The van der Waals surface area contributed by atoms with E-state index >= 15 is 0 Å². The molecule has 2 N–H and O–H groups in total. The highest BCUT2D eigenvalue weighted by molar-refractivity contribution is 8.00. The first-order valence-electron chi connectivity index (χ1n) is 8.19.